The van der Waals surface area contributed by atoms with Gasteiger partial charge in [0, 0.05) is 38.8 Å². The molecule has 3 nitrogen and oxygen atoms in total. The molecule has 2 fully saturated rings. The van der Waals surface area contributed by atoms with Crippen LogP contribution in [-0.2, 0) is 0 Å². The molecule has 0 bridgehead atoms. The van der Waals surface area contributed by atoms with E-state index in [2.05, 4.69) is 36.0 Å². The van der Waals surface area contributed by atoms with Gasteiger partial charge in [-0.25, -0.2) is 0 Å². The highest BCUT2D eigenvalue weighted by Gasteiger charge is 2.31. The maximum absolute atomic E-state index is 3.59. The summed E-state index contributed by atoms with van der Waals surface area (Å²) in [6.45, 7) is 12.3. The second-order valence-corrected chi connectivity index (χ2v) is 6.86. The maximum Gasteiger partial charge on any atom is 0.0110 e. The number of hydrogen-bond donors (Lipinski definition) is 1. The number of likely N-dealkylation sites (N-methyl/N-ethyl adjacent to an activating group) is 1. The Morgan fingerprint density at radius 2 is 1.70 bits per heavy atom. The third-order valence-corrected chi connectivity index (χ3v) is 5.56. The van der Waals surface area contributed by atoms with E-state index in [4.69, 9.17) is 0 Å². The van der Waals surface area contributed by atoms with E-state index in [1.165, 1.54) is 71.4 Å². The second-order valence-electron chi connectivity index (χ2n) is 6.86. The van der Waals surface area contributed by atoms with Gasteiger partial charge in [-0.2, -0.15) is 0 Å². The molecule has 1 heterocycles. The quantitative estimate of drug-likeness (QED) is 0.807. The molecule has 1 saturated carbocycles. The van der Waals surface area contributed by atoms with Crippen molar-refractivity contribution in [1.82, 2.24) is 15.1 Å². The van der Waals surface area contributed by atoms with Crippen molar-refractivity contribution in [2.24, 2.45) is 11.8 Å². The van der Waals surface area contributed by atoms with Crippen LogP contribution in [0, 0.1) is 11.8 Å². The van der Waals surface area contributed by atoms with Crippen LogP contribution in [0.25, 0.3) is 0 Å². The SMILES string of the molecule is CCCC1CCC(NC)C(CN2CCN(CC)CC2)C1. The van der Waals surface area contributed by atoms with Crippen LogP contribution < -0.4 is 5.32 Å². The van der Waals surface area contributed by atoms with E-state index in [1.54, 1.807) is 0 Å². The Balaban J connectivity index is 1.81. The van der Waals surface area contributed by atoms with Gasteiger partial charge in [0.2, 0.25) is 0 Å². The number of nitrogens with one attached hydrogen (secondary N) is 1. The van der Waals surface area contributed by atoms with E-state index in [0.717, 1.165) is 17.9 Å². The lowest BCUT2D eigenvalue weighted by atomic mass is 9.76. The largest absolute Gasteiger partial charge is 0.317 e. The molecular weight excluding hydrogens is 246 g/mol. The summed E-state index contributed by atoms with van der Waals surface area (Å²) in [4.78, 5) is 5.29. The van der Waals surface area contributed by atoms with Crippen LogP contribution in [-0.4, -0.2) is 62.2 Å². The zero-order chi connectivity index (χ0) is 14.4. The molecule has 0 aromatic carbocycles. The summed E-state index contributed by atoms with van der Waals surface area (Å²) >= 11 is 0. The van der Waals surface area contributed by atoms with Crippen LogP contribution in [0.5, 0.6) is 0 Å². The first-order valence-electron chi connectivity index (χ1n) is 8.88. The molecule has 0 spiro atoms. The van der Waals surface area contributed by atoms with E-state index in [9.17, 15) is 0 Å². The summed E-state index contributed by atoms with van der Waals surface area (Å²) in [5.74, 6) is 1.87. The predicted molar refractivity (Wildman–Crippen MR) is 87.1 cm³/mol. The predicted octanol–water partition coefficient (Wildman–Crippen LogP) is 2.43. The van der Waals surface area contributed by atoms with E-state index >= 15 is 0 Å². The first kappa shape index (κ1) is 16.3. The maximum atomic E-state index is 3.59. The standard InChI is InChI=1S/C17H35N3/c1-4-6-15-7-8-17(18-3)16(13-15)14-20-11-9-19(5-2)10-12-20/h15-18H,4-14H2,1-3H3. The lowest BCUT2D eigenvalue weighted by Gasteiger charge is -2.41. The van der Waals surface area contributed by atoms with Crippen molar-refractivity contribution in [1.29, 1.82) is 0 Å². The molecular formula is C17H35N3. The average molecular weight is 281 g/mol. The Kier molecular flexibility index (Phi) is 6.79. The normalized spacial score (nSPS) is 33.5. The molecule has 0 aromatic heterocycles. The van der Waals surface area contributed by atoms with Gasteiger partial charge in [-0.05, 0) is 44.7 Å². The molecule has 2 aliphatic rings. The third-order valence-electron chi connectivity index (χ3n) is 5.56. The second kappa shape index (κ2) is 8.35. The van der Waals surface area contributed by atoms with Crippen LogP contribution in [0.1, 0.15) is 46.0 Å². The molecule has 0 aromatic rings. The zero-order valence-electron chi connectivity index (χ0n) is 13.9. The Hall–Kier alpha value is -0.120. The first-order chi connectivity index (χ1) is 9.76. The van der Waals surface area contributed by atoms with Gasteiger partial charge in [0.05, 0.1) is 0 Å². The summed E-state index contributed by atoms with van der Waals surface area (Å²) in [6, 6.07) is 0.757. The molecule has 2 rings (SSSR count). The van der Waals surface area contributed by atoms with Crippen molar-refractivity contribution < 1.29 is 0 Å². The van der Waals surface area contributed by atoms with Crippen molar-refractivity contribution in [3.8, 4) is 0 Å². The van der Waals surface area contributed by atoms with Crippen molar-refractivity contribution in [3.05, 3.63) is 0 Å². The monoisotopic (exact) mass is 281 g/mol. The molecule has 1 saturated heterocycles. The van der Waals surface area contributed by atoms with Crippen molar-refractivity contribution in [2.75, 3.05) is 46.3 Å². The highest BCUT2D eigenvalue weighted by atomic mass is 15.3. The third kappa shape index (κ3) is 4.44. The summed E-state index contributed by atoms with van der Waals surface area (Å²) < 4.78 is 0. The average Bonchev–Trinajstić information content (AvgIpc) is 2.49. The minimum absolute atomic E-state index is 0.757. The number of hydrogen-bond acceptors (Lipinski definition) is 3. The van der Waals surface area contributed by atoms with E-state index in [-0.39, 0.29) is 0 Å². The molecule has 1 aliphatic carbocycles. The summed E-state index contributed by atoms with van der Waals surface area (Å²) in [6.07, 6.45) is 7.08. The number of piperazine rings is 1. The molecule has 3 unspecified atom stereocenters. The number of rotatable bonds is 6. The molecule has 0 radical (unpaired) electrons. The minimum atomic E-state index is 0.757. The zero-order valence-corrected chi connectivity index (χ0v) is 13.9. The fourth-order valence-corrected chi connectivity index (χ4v) is 4.23. The summed E-state index contributed by atoms with van der Waals surface area (Å²) in [5, 5.41) is 3.59. The molecule has 20 heavy (non-hydrogen) atoms. The van der Waals surface area contributed by atoms with Crippen molar-refractivity contribution in [2.45, 2.75) is 52.0 Å². The minimum Gasteiger partial charge on any atom is -0.317 e. The topological polar surface area (TPSA) is 18.5 Å². The molecule has 0 amide bonds. The highest BCUT2D eigenvalue weighted by Crippen LogP contribution is 2.32. The van der Waals surface area contributed by atoms with Gasteiger partial charge < -0.3 is 15.1 Å². The Morgan fingerprint density at radius 1 is 1.00 bits per heavy atom. The fourth-order valence-electron chi connectivity index (χ4n) is 4.23. The van der Waals surface area contributed by atoms with Crippen LogP contribution in [0.15, 0.2) is 0 Å². The Labute approximate surface area is 126 Å². The van der Waals surface area contributed by atoms with E-state index in [1.807, 2.05) is 0 Å². The molecule has 3 atom stereocenters. The Morgan fingerprint density at radius 3 is 2.30 bits per heavy atom. The lowest BCUT2D eigenvalue weighted by Crippen LogP contribution is -2.51. The van der Waals surface area contributed by atoms with Crippen LogP contribution >= 0.6 is 0 Å². The van der Waals surface area contributed by atoms with E-state index in [0.29, 0.717) is 0 Å². The van der Waals surface area contributed by atoms with Crippen LogP contribution in [0.2, 0.25) is 0 Å². The van der Waals surface area contributed by atoms with Crippen molar-refractivity contribution >= 4 is 0 Å². The van der Waals surface area contributed by atoms with Gasteiger partial charge in [-0.1, -0.05) is 26.7 Å². The molecule has 1 aliphatic heterocycles. The van der Waals surface area contributed by atoms with Gasteiger partial charge in [0.25, 0.3) is 0 Å². The fraction of sp³-hybridized carbons (Fsp3) is 1.00. The summed E-state index contributed by atoms with van der Waals surface area (Å²) in [7, 11) is 2.16. The summed E-state index contributed by atoms with van der Waals surface area (Å²) in [5.41, 5.74) is 0. The van der Waals surface area contributed by atoms with Crippen LogP contribution in [0.4, 0.5) is 0 Å². The van der Waals surface area contributed by atoms with Gasteiger partial charge >= 0.3 is 0 Å². The highest BCUT2D eigenvalue weighted by molar-refractivity contribution is 4.87. The lowest BCUT2D eigenvalue weighted by molar-refractivity contribution is 0.0913. The smallest absolute Gasteiger partial charge is 0.0110 e. The van der Waals surface area contributed by atoms with Gasteiger partial charge in [-0.15, -0.1) is 0 Å². The molecule has 1 N–H and O–H groups in total. The Bertz CT molecular complexity index is 261. The molecule has 118 valence electrons. The van der Waals surface area contributed by atoms with Gasteiger partial charge in [-0.3, -0.25) is 0 Å². The van der Waals surface area contributed by atoms with Crippen molar-refractivity contribution in [3.63, 3.8) is 0 Å². The molecule has 3 heteroatoms. The number of nitrogens with zero attached hydrogens (tertiary/aromatic N) is 2. The first-order valence-corrected chi connectivity index (χ1v) is 8.88. The van der Waals surface area contributed by atoms with E-state index < -0.39 is 0 Å². The van der Waals surface area contributed by atoms with Gasteiger partial charge in [0.15, 0.2) is 0 Å². The van der Waals surface area contributed by atoms with Crippen LogP contribution in [0.3, 0.4) is 0 Å². The van der Waals surface area contributed by atoms with Gasteiger partial charge in [0.1, 0.15) is 0 Å².